The van der Waals surface area contributed by atoms with E-state index in [1.165, 1.54) is 0 Å². The van der Waals surface area contributed by atoms with Crippen LogP contribution in [-0.2, 0) is 0 Å². The fourth-order valence-corrected chi connectivity index (χ4v) is 2.05. The number of benzene rings is 1. The van der Waals surface area contributed by atoms with E-state index in [0.29, 0.717) is 35.4 Å². The third-order valence-electron chi connectivity index (χ3n) is 2.65. The maximum absolute atomic E-state index is 6.11. The molecule has 0 unspecified atom stereocenters. The second kappa shape index (κ2) is 4.42. The molecule has 1 aliphatic heterocycles. The number of aromatic nitrogens is 1. The Morgan fingerprint density at radius 2 is 1.94 bits per heavy atom. The van der Waals surface area contributed by atoms with E-state index in [1.807, 2.05) is 6.07 Å². The van der Waals surface area contributed by atoms with Crippen LogP contribution in [0.3, 0.4) is 0 Å². The van der Waals surface area contributed by atoms with Gasteiger partial charge in [-0.2, -0.15) is 0 Å². The summed E-state index contributed by atoms with van der Waals surface area (Å²) < 4.78 is 16.2. The van der Waals surface area contributed by atoms with Crippen LogP contribution in [0.4, 0.5) is 5.88 Å². The highest BCUT2D eigenvalue weighted by Gasteiger charge is 2.21. The summed E-state index contributed by atoms with van der Waals surface area (Å²) in [6, 6.07) is 5.19. The Balaban J connectivity index is 2.15. The van der Waals surface area contributed by atoms with Gasteiger partial charge in [0, 0.05) is 18.1 Å². The van der Waals surface area contributed by atoms with Crippen molar-refractivity contribution in [1.29, 1.82) is 0 Å². The Bertz CT molecular complexity index is 583. The number of ether oxygens (including phenoxy) is 2. The molecule has 0 radical (unpaired) electrons. The number of hydrogen-bond acceptors (Lipinski definition) is 5. The van der Waals surface area contributed by atoms with E-state index in [2.05, 4.69) is 5.16 Å². The van der Waals surface area contributed by atoms with Gasteiger partial charge in [0.05, 0.1) is 18.2 Å². The molecule has 3 rings (SSSR count). The average molecular weight is 267 g/mol. The van der Waals surface area contributed by atoms with Crippen molar-refractivity contribution in [2.75, 3.05) is 18.9 Å². The maximum atomic E-state index is 6.11. The van der Waals surface area contributed by atoms with Crippen LogP contribution in [0.5, 0.6) is 11.5 Å². The van der Waals surface area contributed by atoms with Crippen molar-refractivity contribution < 1.29 is 14.0 Å². The first-order chi connectivity index (χ1) is 8.75. The lowest BCUT2D eigenvalue weighted by Gasteiger charge is -2.12. The third kappa shape index (κ3) is 1.86. The Kier molecular flexibility index (Phi) is 2.76. The molecule has 6 heteroatoms. The first-order valence-electron chi connectivity index (χ1n) is 5.56. The number of rotatable bonds is 1. The normalized spacial score (nSPS) is 14.3. The number of nitrogens with two attached hydrogens (primary N) is 1. The molecule has 0 bridgehead atoms. The van der Waals surface area contributed by atoms with Crippen LogP contribution in [0, 0.1) is 0 Å². The van der Waals surface area contributed by atoms with Gasteiger partial charge in [-0.3, -0.25) is 0 Å². The van der Waals surface area contributed by atoms with Gasteiger partial charge in [0.15, 0.2) is 11.5 Å². The Morgan fingerprint density at radius 1 is 1.17 bits per heavy atom. The van der Waals surface area contributed by atoms with E-state index in [0.717, 1.165) is 12.0 Å². The highest BCUT2D eigenvalue weighted by Crippen LogP contribution is 2.43. The lowest BCUT2D eigenvalue weighted by molar-refractivity contribution is 0.297. The zero-order valence-corrected chi connectivity index (χ0v) is 10.2. The summed E-state index contributed by atoms with van der Waals surface area (Å²) in [4.78, 5) is 0. The molecule has 2 aromatic rings. The zero-order chi connectivity index (χ0) is 12.5. The molecule has 0 aliphatic carbocycles. The van der Waals surface area contributed by atoms with Crippen LogP contribution in [-0.4, -0.2) is 18.4 Å². The van der Waals surface area contributed by atoms with Gasteiger partial charge in [0.1, 0.15) is 5.69 Å². The predicted octanol–water partition coefficient (Wildman–Crippen LogP) is 2.74. The van der Waals surface area contributed by atoms with Crippen LogP contribution in [0.15, 0.2) is 22.7 Å². The smallest absolute Gasteiger partial charge is 0.222 e. The second-order valence-corrected chi connectivity index (χ2v) is 4.33. The molecule has 5 nitrogen and oxygen atoms in total. The number of fused-ring (bicyclic) bond motifs is 1. The van der Waals surface area contributed by atoms with Crippen molar-refractivity contribution in [3.8, 4) is 22.8 Å². The minimum absolute atomic E-state index is 0.253. The number of hydrogen-bond donors (Lipinski definition) is 1. The predicted molar refractivity (Wildman–Crippen MR) is 67.0 cm³/mol. The van der Waals surface area contributed by atoms with Gasteiger partial charge < -0.3 is 19.7 Å². The summed E-state index contributed by atoms with van der Waals surface area (Å²) in [7, 11) is 0. The standard InChI is InChI=1S/C12H11ClN2O3/c13-8-3-2-7(9-6-10(14)18-15-9)11-12(8)17-5-1-4-16-11/h2-3,6H,1,4-5,14H2. The van der Waals surface area contributed by atoms with Crippen molar-refractivity contribution in [1.82, 2.24) is 5.16 Å². The highest BCUT2D eigenvalue weighted by atomic mass is 35.5. The van der Waals surface area contributed by atoms with Gasteiger partial charge in [-0.1, -0.05) is 16.8 Å². The fraction of sp³-hybridized carbons (Fsp3) is 0.250. The molecule has 0 amide bonds. The molecule has 0 fully saturated rings. The molecule has 1 aliphatic rings. The van der Waals surface area contributed by atoms with Crippen molar-refractivity contribution >= 4 is 17.5 Å². The first-order valence-corrected chi connectivity index (χ1v) is 5.94. The van der Waals surface area contributed by atoms with Gasteiger partial charge in [-0.05, 0) is 12.1 Å². The SMILES string of the molecule is Nc1cc(-c2ccc(Cl)c3c2OCCCO3)no1. The highest BCUT2D eigenvalue weighted by molar-refractivity contribution is 6.32. The quantitative estimate of drug-likeness (QED) is 0.859. The Labute approximate surface area is 108 Å². The van der Waals surface area contributed by atoms with E-state index >= 15 is 0 Å². The molecular formula is C12H11ClN2O3. The van der Waals surface area contributed by atoms with Gasteiger partial charge in [-0.25, -0.2) is 0 Å². The number of nitrogens with zero attached hydrogens (tertiary/aromatic N) is 1. The van der Waals surface area contributed by atoms with Crippen LogP contribution in [0.2, 0.25) is 5.02 Å². The first kappa shape index (κ1) is 11.2. The number of nitrogen functional groups attached to an aromatic ring is 1. The largest absolute Gasteiger partial charge is 0.489 e. The summed E-state index contributed by atoms with van der Waals surface area (Å²) in [5, 5.41) is 4.40. The summed E-state index contributed by atoms with van der Waals surface area (Å²) in [5.41, 5.74) is 6.89. The molecular weight excluding hydrogens is 256 g/mol. The molecule has 18 heavy (non-hydrogen) atoms. The lowest BCUT2D eigenvalue weighted by atomic mass is 10.1. The third-order valence-corrected chi connectivity index (χ3v) is 2.95. The average Bonchev–Trinajstić information content (AvgIpc) is 2.64. The van der Waals surface area contributed by atoms with Crippen LogP contribution >= 0.6 is 11.6 Å². The molecule has 0 atom stereocenters. The monoisotopic (exact) mass is 266 g/mol. The van der Waals surface area contributed by atoms with Crippen molar-refractivity contribution in [2.24, 2.45) is 0 Å². The molecule has 0 saturated carbocycles. The van der Waals surface area contributed by atoms with Gasteiger partial charge >= 0.3 is 0 Å². The summed E-state index contributed by atoms with van der Waals surface area (Å²) >= 11 is 6.11. The van der Waals surface area contributed by atoms with Crippen molar-refractivity contribution in [3.63, 3.8) is 0 Å². The minimum atomic E-state index is 0.253. The van der Waals surface area contributed by atoms with Crippen LogP contribution in [0.1, 0.15) is 6.42 Å². The summed E-state index contributed by atoms with van der Waals surface area (Å²) in [6.45, 7) is 1.16. The molecule has 1 aromatic carbocycles. The number of anilines is 1. The van der Waals surface area contributed by atoms with Gasteiger partial charge in [-0.15, -0.1) is 0 Å². The molecule has 2 N–H and O–H groups in total. The minimum Gasteiger partial charge on any atom is -0.489 e. The van der Waals surface area contributed by atoms with Crippen molar-refractivity contribution in [3.05, 3.63) is 23.2 Å². The maximum Gasteiger partial charge on any atom is 0.222 e. The van der Waals surface area contributed by atoms with E-state index in [1.54, 1.807) is 12.1 Å². The van der Waals surface area contributed by atoms with Crippen LogP contribution in [0.25, 0.3) is 11.3 Å². The number of halogens is 1. The van der Waals surface area contributed by atoms with E-state index < -0.39 is 0 Å². The molecule has 0 saturated heterocycles. The van der Waals surface area contributed by atoms with E-state index in [9.17, 15) is 0 Å². The summed E-state index contributed by atoms with van der Waals surface area (Å²) in [5.74, 6) is 1.39. The molecule has 2 heterocycles. The summed E-state index contributed by atoms with van der Waals surface area (Å²) in [6.07, 6.45) is 0.811. The molecule has 94 valence electrons. The lowest BCUT2D eigenvalue weighted by Crippen LogP contribution is -1.98. The van der Waals surface area contributed by atoms with Gasteiger partial charge in [0.2, 0.25) is 5.88 Å². The van der Waals surface area contributed by atoms with Crippen LogP contribution < -0.4 is 15.2 Å². The zero-order valence-electron chi connectivity index (χ0n) is 9.48. The Hall–Kier alpha value is -1.88. The van der Waals surface area contributed by atoms with E-state index in [4.69, 9.17) is 31.3 Å². The van der Waals surface area contributed by atoms with E-state index in [-0.39, 0.29) is 5.88 Å². The van der Waals surface area contributed by atoms with Gasteiger partial charge in [0.25, 0.3) is 0 Å². The molecule has 1 aromatic heterocycles. The Morgan fingerprint density at radius 3 is 2.67 bits per heavy atom. The fourth-order valence-electron chi connectivity index (χ4n) is 1.84. The topological polar surface area (TPSA) is 70.5 Å². The van der Waals surface area contributed by atoms with Crippen molar-refractivity contribution in [2.45, 2.75) is 6.42 Å². The molecule has 0 spiro atoms. The second-order valence-electron chi connectivity index (χ2n) is 3.92.